The van der Waals surface area contributed by atoms with Crippen LogP contribution in [0, 0.1) is 0 Å². The fourth-order valence-electron chi connectivity index (χ4n) is 2.72. The summed E-state index contributed by atoms with van der Waals surface area (Å²) in [5.41, 5.74) is 0. The van der Waals surface area contributed by atoms with Gasteiger partial charge in [0.15, 0.2) is 0 Å². The summed E-state index contributed by atoms with van der Waals surface area (Å²) in [6.45, 7) is 2.49. The van der Waals surface area contributed by atoms with Crippen LogP contribution in [-0.2, 0) is 20.0 Å². The third kappa shape index (κ3) is 5.33. The molecule has 0 aromatic rings. The number of hydrogen-bond acceptors (Lipinski definition) is 5. The molecule has 0 radical (unpaired) electrons. The molecule has 0 spiro atoms. The third-order valence-electron chi connectivity index (χ3n) is 3.94. The molecule has 0 aromatic heterocycles. The average Bonchev–Trinajstić information content (AvgIpc) is 2.67. The molecule has 21 heavy (non-hydrogen) atoms. The standard InChI is InChI=1S/C11H23N3O4S2.ClH/c1-2-19(15,16)12-6-8-20(17,18)14-7-5-10-3-4-11(9-14)13-10;/h10-13H,2-9H2,1H3;1H. The average molecular weight is 362 g/mol. The Morgan fingerprint density at radius 1 is 1.14 bits per heavy atom. The first kappa shape index (κ1) is 19.1. The van der Waals surface area contributed by atoms with Crippen molar-refractivity contribution in [2.75, 3.05) is 31.1 Å². The summed E-state index contributed by atoms with van der Waals surface area (Å²) in [4.78, 5) is 0. The van der Waals surface area contributed by atoms with E-state index in [9.17, 15) is 16.8 Å². The highest BCUT2D eigenvalue weighted by molar-refractivity contribution is 7.90. The van der Waals surface area contributed by atoms with Gasteiger partial charge < -0.3 is 5.32 Å². The van der Waals surface area contributed by atoms with Crippen molar-refractivity contribution in [1.29, 1.82) is 0 Å². The number of nitrogens with one attached hydrogen (secondary N) is 2. The van der Waals surface area contributed by atoms with Crippen LogP contribution in [0.25, 0.3) is 0 Å². The van der Waals surface area contributed by atoms with E-state index in [0.29, 0.717) is 19.1 Å². The number of sulfonamides is 2. The largest absolute Gasteiger partial charge is 0.310 e. The third-order valence-corrected chi connectivity index (χ3v) is 7.18. The zero-order valence-electron chi connectivity index (χ0n) is 12.1. The van der Waals surface area contributed by atoms with Crippen molar-refractivity contribution in [1.82, 2.24) is 14.3 Å². The number of fused-ring (bicyclic) bond motifs is 2. The summed E-state index contributed by atoms with van der Waals surface area (Å²) in [6, 6.07) is 0.670. The molecule has 2 atom stereocenters. The van der Waals surface area contributed by atoms with Gasteiger partial charge in [0.1, 0.15) is 0 Å². The van der Waals surface area contributed by atoms with E-state index in [-0.39, 0.29) is 36.5 Å². The fraction of sp³-hybridized carbons (Fsp3) is 1.00. The molecule has 2 rings (SSSR count). The van der Waals surface area contributed by atoms with Crippen molar-refractivity contribution in [2.45, 2.75) is 38.3 Å². The van der Waals surface area contributed by atoms with Crippen LogP contribution in [-0.4, -0.2) is 64.4 Å². The molecular weight excluding hydrogens is 338 g/mol. The maximum Gasteiger partial charge on any atom is 0.215 e. The predicted molar refractivity (Wildman–Crippen MR) is 84.6 cm³/mol. The van der Waals surface area contributed by atoms with Crippen LogP contribution in [0.4, 0.5) is 0 Å². The van der Waals surface area contributed by atoms with Crippen molar-refractivity contribution in [3.05, 3.63) is 0 Å². The van der Waals surface area contributed by atoms with Crippen molar-refractivity contribution in [2.24, 2.45) is 0 Å². The summed E-state index contributed by atoms with van der Waals surface area (Å²) < 4.78 is 50.9. The minimum absolute atomic E-state index is 0. The van der Waals surface area contributed by atoms with E-state index in [4.69, 9.17) is 0 Å². The minimum atomic E-state index is -3.39. The number of rotatable bonds is 6. The molecule has 10 heteroatoms. The fourth-order valence-corrected chi connectivity index (χ4v) is 4.88. The minimum Gasteiger partial charge on any atom is -0.310 e. The van der Waals surface area contributed by atoms with Gasteiger partial charge in [0, 0.05) is 31.7 Å². The van der Waals surface area contributed by atoms with Crippen LogP contribution in [0.2, 0.25) is 0 Å². The molecule has 2 saturated heterocycles. The Morgan fingerprint density at radius 3 is 2.48 bits per heavy atom. The second kappa shape index (κ2) is 7.56. The predicted octanol–water partition coefficient (Wildman–Crippen LogP) is -0.496. The molecule has 0 aliphatic carbocycles. The van der Waals surface area contributed by atoms with E-state index in [1.54, 1.807) is 0 Å². The summed E-state index contributed by atoms with van der Waals surface area (Å²) in [7, 11) is -6.73. The lowest BCUT2D eigenvalue weighted by molar-refractivity contribution is 0.383. The van der Waals surface area contributed by atoms with Gasteiger partial charge in [-0.05, 0) is 26.2 Å². The lowest BCUT2D eigenvalue weighted by atomic mass is 10.1. The van der Waals surface area contributed by atoms with E-state index < -0.39 is 20.0 Å². The van der Waals surface area contributed by atoms with E-state index in [1.807, 2.05) is 0 Å². The van der Waals surface area contributed by atoms with E-state index in [1.165, 1.54) is 11.2 Å². The lowest BCUT2D eigenvalue weighted by Gasteiger charge is -2.23. The molecule has 2 heterocycles. The highest BCUT2D eigenvalue weighted by Crippen LogP contribution is 2.22. The SMILES string of the molecule is CCS(=O)(=O)NCCS(=O)(=O)N1CCC2CCC(C1)N2.Cl. The molecule has 7 nitrogen and oxygen atoms in total. The molecule has 0 saturated carbocycles. The molecular formula is C11H24ClN3O4S2. The molecule has 126 valence electrons. The summed E-state index contributed by atoms with van der Waals surface area (Å²) >= 11 is 0. The normalized spacial score (nSPS) is 27.1. The maximum atomic E-state index is 12.3. The van der Waals surface area contributed by atoms with Gasteiger partial charge in [-0.3, -0.25) is 0 Å². The molecule has 0 amide bonds. The summed E-state index contributed by atoms with van der Waals surface area (Å²) in [6.07, 6.45) is 2.96. The monoisotopic (exact) mass is 361 g/mol. The second-order valence-corrected chi connectivity index (χ2v) is 9.58. The van der Waals surface area contributed by atoms with Crippen molar-refractivity contribution in [3.63, 3.8) is 0 Å². The van der Waals surface area contributed by atoms with Gasteiger partial charge >= 0.3 is 0 Å². The van der Waals surface area contributed by atoms with Gasteiger partial charge in [-0.2, -0.15) is 0 Å². The molecule has 2 unspecified atom stereocenters. The Labute approximate surface area is 133 Å². The zero-order valence-corrected chi connectivity index (χ0v) is 14.6. The Morgan fingerprint density at radius 2 is 1.81 bits per heavy atom. The van der Waals surface area contributed by atoms with Crippen molar-refractivity contribution < 1.29 is 16.8 Å². The topological polar surface area (TPSA) is 95.6 Å². The highest BCUT2D eigenvalue weighted by Gasteiger charge is 2.33. The molecule has 2 fully saturated rings. The Bertz CT molecular complexity index is 538. The van der Waals surface area contributed by atoms with E-state index >= 15 is 0 Å². The lowest BCUT2D eigenvalue weighted by Crippen LogP contribution is -2.42. The molecule has 2 N–H and O–H groups in total. The zero-order chi connectivity index (χ0) is 14.8. The van der Waals surface area contributed by atoms with E-state index in [0.717, 1.165) is 19.3 Å². The number of nitrogens with zero attached hydrogens (tertiary/aromatic N) is 1. The molecule has 0 aromatic carbocycles. The molecule has 2 bridgehead atoms. The Hall–Kier alpha value is 0.0700. The van der Waals surface area contributed by atoms with Crippen molar-refractivity contribution >= 4 is 32.5 Å². The highest BCUT2D eigenvalue weighted by atomic mass is 35.5. The first-order chi connectivity index (χ1) is 9.32. The maximum absolute atomic E-state index is 12.3. The van der Waals surface area contributed by atoms with Gasteiger partial charge in [0.2, 0.25) is 20.0 Å². The van der Waals surface area contributed by atoms with Gasteiger partial charge in [0.25, 0.3) is 0 Å². The summed E-state index contributed by atoms with van der Waals surface area (Å²) in [5, 5.41) is 3.43. The van der Waals surface area contributed by atoms with Gasteiger partial charge in [-0.1, -0.05) is 0 Å². The van der Waals surface area contributed by atoms with Gasteiger partial charge in [0.05, 0.1) is 11.5 Å². The van der Waals surface area contributed by atoms with Crippen LogP contribution in [0.1, 0.15) is 26.2 Å². The van der Waals surface area contributed by atoms with Crippen LogP contribution in [0.5, 0.6) is 0 Å². The second-order valence-electron chi connectivity index (χ2n) is 5.40. The molecule has 2 aliphatic rings. The molecule has 2 aliphatic heterocycles. The van der Waals surface area contributed by atoms with Crippen LogP contribution < -0.4 is 10.0 Å². The quantitative estimate of drug-likeness (QED) is 0.665. The van der Waals surface area contributed by atoms with Crippen molar-refractivity contribution in [3.8, 4) is 0 Å². The van der Waals surface area contributed by atoms with Crippen LogP contribution >= 0.6 is 12.4 Å². The Kier molecular flexibility index (Phi) is 6.88. The van der Waals surface area contributed by atoms with Crippen LogP contribution in [0.15, 0.2) is 0 Å². The van der Waals surface area contributed by atoms with Gasteiger partial charge in [-0.25, -0.2) is 25.9 Å². The number of halogens is 1. The van der Waals surface area contributed by atoms with Crippen LogP contribution in [0.3, 0.4) is 0 Å². The number of hydrogen-bond donors (Lipinski definition) is 2. The Balaban J connectivity index is 0.00000220. The first-order valence-electron chi connectivity index (χ1n) is 7.03. The summed E-state index contributed by atoms with van der Waals surface area (Å²) in [5.74, 6) is -0.214. The van der Waals surface area contributed by atoms with Gasteiger partial charge in [-0.15, -0.1) is 12.4 Å². The smallest absolute Gasteiger partial charge is 0.215 e. The first-order valence-corrected chi connectivity index (χ1v) is 10.3. The van der Waals surface area contributed by atoms with E-state index in [2.05, 4.69) is 10.0 Å².